The van der Waals surface area contributed by atoms with E-state index in [0.717, 1.165) is 17.5 Å². The molecule has 1 aliphatic rings. The predicted octanol–water partition coefficient (Wildman–Crippen LogP) is 4.63. The molecule has 0 spiro atoms. The highest BCUT2D eigenvalue weighted by Crippen LogP contribution is 2.41. The van der Waals surface area contributed by atoms with Gasteiger partial charge in [-0.25, -0.2) is 0 Å². The van der Waals surface area contributed by atoms with E-state index < -0.39 is 0 Å². The summed E-state index contributed by atoms with van der Waals surface area (Å²) in [6.07, 6.45) is 0.952. The van der Waals surface area contributed by atoms with Crippen LogP contribution in [0, 0.1) is 0 Å². The van der Waals surface area contributed by atoms with E-state index in [0.29, 0.717) is 29.7 Å². The lowest BCUT2D eigenvalue weighted by atomic mass is 9.93. The van der Waals surface area contributed by atoms with Gasteiger partial charge >= 0.3 is 0 Å². The average Bonchev–Trinajstić information content (AvgIpc) is 3.19. The fraction of sp³-hybridized carbons (Fsp3) is 0.429. The van der Waals surface area contributed by atoms with Gasteiger partial charge in [0.05, 0.1) is 19.2 Å². The first-order valence-electron chi connectivity index (χ1n) is 9.59. The Morgan fingerprint density at radius 3 is 2.77 bits per heavy atom. The Kier molecular flexibility index (Phi) is 8.43. The molecule has 0 saturated heterocycles. The summed E-state index contributed by atoms with van der Waals surface area (Å²) in [5.74, 6) is -0.0896. The van der Waals surface area contributed by atoms with Crippen LogP contribution in [0.3, 0.4) is 0 Å². The molecule has 9 heteroatoms. The van der Waals surface area contributed by atoms with Crippen LogP contribution in [0.1, 0.15) is 28.5 Å². The Morgan fingerprint density at radius 2 is 2.07 bits per heavy atom. The smallest absolute Gasteiger partial charge is 0.242 e. The molecule has 0 radical (unpaired) electrons. The van der Waals surface area contributed by atoms with Crippen LogP contribution in [0.15, 0.2) is 29.6 Å². The maximum atomic E-state index is 13.4. The summed E-state index contributed by atoms with van der Waals surface area (Å²) in [6.45, 7) is 1.21. The molecule has 0 aliphatic carbocycles. The van der Waals surface area contributed by atoms with E-state index in [-0.39, 0.29) is 36.7 Å². The Labute approximate surface area is 195 Å². The van der Waals surface area contributed by atoms with Gasteiger partial charge in [0, 0.05) is 47.4 Å². The molecule has 1 unspecified atom stereocenters. The second-order valence-electron chi connectivity index (χ2n) is 6.95. The molecular formula is C21H23Cl3N2O3S. The number of rotatable bonds is 8. The summed E-state index contributed by atoms with van der Waals surface area (Å²) in [5.41, 5.74) is 1.89. The number of hydrogen-bond acceptors (Lipinski definition) is 4. The van der Waals surface area contributed by atoms with Crippen LogP contribution in [0.2, 0.25) is 10.0 Å². The number of ether oxygens (including phenoxy) is 1. The Morgan fingerprint density at radius 1 is 1.27 bits per heavy atom. The third-order valence-electron chi connectivity index (χ3n) is 5.10. The first kappa shape index (κ1) is 23.4. The number of fused-ring (bicyclic) bond motifs is 1. The second kappa shape index (κ2) is 10.8. The molecule has 2 aromatic rings. The Balaban J connectivity index is 1.90. The van der Waals surface area contributed by atoms with Crippen LogP contribution >= 0.6 is 46.1 Å². The molecule has 2 heterocycles. The van der Waals surface area contributed by atoms with Crippen molar-refractivity contribution in [2.45, 2.75) is 18.9 Å². The number of nitrogens with zero attached hydrogens (tertiary/aromatic N) is 2. The molecule has 0 bridgehead atoms. The fourth-order valence-electron chi connectivity index (χ4n) is 3.63. The van der Waals surface area contributed by atoms with Crippen molar-refractivity contribution >= 4 is 58.0 Å². The number of halogens is 3. The number of hydrogen-bond donors (Lipinski definition) is 0. The van der Waals surface area contributed by atoms with Gasteiger partial charge in [-0.15, -0.1) is 22.9 Å². The van der Waals surface area contributed by atoms with Gasteiger partial charge in [0.1, 0.15) is 0 Å². The van der Waals surface area contributed by atoms with E-state index in [1.54, 1.807) is 35.5 Å². The SMILES string of the molecule is COCCN(CC(=O)N1CCc2sccc2C1c1ccc(Cl)cc1Cl)C(=O)CCCl. The monoisotopic (exact) mass is 488 g/mol. The highest BCUT2D eigenvalue weighted by atomic mass is 35.5. The lowest BCUT2D eigenvalue weighted by Crippen LogP contribution is -2.47. The molecule has 2 amide bonds. The van der Waals surface area contributed by atoms with Crippen LogP contribution in [0.5, 0.6) is 0 Å². The fourth-order valence-corrected chi connectivity index (χ4v) is 5.21. The van der Waals surface area contributed by atoms with Gasteiger partial charge in [-0.05, 0) is 41.1 Å². The first-order valence-corrected chi connectivity index (χ1v) is 11.8. The van der Waals surface area contributed by atoms with Crippen molar-refractivity contribution in [2.24, 2.45) is 0 Å². The number of alkyl halides is 1. The lowest BCUT2D eigenvalue weighted by molar-refractivity contribution is -0.142. The predicted molar refractivity (Wildman–Crippen MR) is 122 cm³/mol. The highest BCUT2D eigenvalue weighted by Gasteiger charge is 2.35. The van der Waals surface area contributed by atoms with Crippen molar-refractivity contribution in [1.82, 2.24) is 9.80 Å². The van der Waals surface area contributed by atoms with E-state index in [1.165, 1.54) is 9.78 Å². The summed E-state index contributed by atoms with van der Waals surface area (Å²) < 4.78 is 5.10. The van der Waals surface area contributed by atoms with Gasteiger partial charge in [0.2, 0.25) is 11.8 Å². The Hall–Kier alpha value is -1.31. The average molecular weight is 490 g/mol. The van der Waals surface area contributed by atoms with E-state index in [4.69, 9.17) is 39.5 Å². The summed E-state index contributed by atoms with van der Waals surface area (Å²) in [4.78, 5) is 30.4. The minimum atomic E-state index is -0.315. The minimum Gasteiger partial charge on any atom is -0.383 e. The molecule has 1 aromatic carbocycles. The minimum absolute atomic E-state index is 0.0275. The summed E-state index contributed by atoms with van der Waals surface area (Å²) in [7, 11) is 1.56. The third kappa shape index (κ3) is 5.29. The molecule has 1 atom stereocenters. The van der Waals surface area contributed by atoms with Gasteiger partial charge in [0.15, 0.2) is 0 Å². The molecule has 1 aliphatic heterocycles. The quantitative estimate of drug-likeness (QED) is 0.508. The number of carbonyl (C=O) groups is 2. The number of amides is 2. The van der Waals surface area contributed by atoms with Crippen LogP contribution in [-0.4, -0.2) is 60.8 Å². The van der Waals surface area contributed by atoms with Crippen molar-refractivity contribution in [2.75, 3.05) is 39.2 Å². The maximum Gasteiger partial charge on any atom is 0.242 e. The molecule has 3 rings (SSSR count). The third-order valence-corrected chi connectivity index (χ3v) is 6.84. The zero-order valence-corrected chi connectivity index (χ0v) is 19.7. The van der Waals surface area contributed by atoms with E-state index in [2.05, 4.69) is 0 Å². The molecule has 30 heavy (non-hydrogen) atoms. The topological polar surface area (TPSA) is 49.9 Å². The summed E-state index contributed by atoms with van der Waals surface area (Å²) in [6, 6.07) is 7.06. The summed E-state index contributed by atoms with van der Waals surface area (Å²) in [5, 5.41) is 3.09. The largest absolute Gasteiger partial charge is 0.383 e. The number of benzene rings is 1. The van der Waals surface area contributed by atoms with Crippen molar-refractivity contribution in [3.05, 3.63) is 55.7 Å². The van der Waals surface area contributed by atoms with Crippen LogP contribution in [0.25, 0.3) is 0 Å². The second-order valence-corrected chi connectivity index (χ2v) is 9.17. The molecule has 1 aromatic heterocycles. The van der Waals surface area contributed by atoms with Crippen molar-refractivity contribution in [3.8, 4) is 0 Å². The maximum absolute atomic E-state index is 13.4. The van der Waals surface area contributed by atoms with Crippen molar-refractivity contribution < 1.29 is 14.3 Å². The molecular weight excluding hydrogens is 467 g/mol. The van der Waals surface area contributed by atoms with E-state index in [1.807, 2.05) is 17.5 Å². The molecule has 0 N–H and O–H groups in total. The number of methoxy groups -OCH3 is 1. The molecule has 0 fully saturated rings. The molecule has 0 saturated carbocycles. The van der Waals surface area contributed by atoms with Gasteiger partial charge in [-0.2, -0.15) is 0 Å². The van der Waals surface area contributed by atoms with Gasteiger partial charge in [-0.1, -0.05) is 29.3 Å². The zero-order chi connectivity index (χ0) is 21.7. The normalized spacial score (nSPS) is 15.7. The molecule has 162 valence electrons. The summed E-state index contributed by atoms with van der Waals surface area (Å²) >= 11 is 20.0. The van der Waals surface area contributed by atoms with Crippen LogP contribution in [-0.2, 0) is 20.7 Å². The van der Waals surface area contributed by atoms with Gasteiger partial charge in [-0.3, -0.25) is 9.59 Å². The Bertz CT molecular complexity index is 905. The van der Waals surface area contributed by atoms with E-state index in [9.17, 15) is 9.59 Å². The van der Waals surface area contributed by atoms with Crippen molar-refractivity contribution in [3.63, 3.8) is 0 Å². The standard InChI is InChI=1S/C21H23Cl3N2O3S/c1-29-10-9-25(19(27)4-7-22)13-20(28)26-8-5-18-16(6-11-30-18)21(26)15-3-2-14(23)12-17(15)24/h2-3,6,11-12,21H,4-5,7-10,13H2,1H3. The molecule has 5 nitrogen and oxygen atoms in total. The number of carbonyl (C=O) groups excluding carboxylic acids is 2. The zero-order valence-electron chi connectivity index (χ0n) is 16.6. The van der Waals surface area contributed by atoms with Gasteiger partial charge < -0.3 is 14.5 Å². The van der Waals surface area contributed by atoms with Crippen molar-refractivity contribution in [1.29, 1.82) is 0 Å². The number of thiophene rings is 1. The highest BCUT2D eigenvalue weighted by molar-refractivity contribution is 7.10. The van der Waals surface area contributed by atoms with E-state index >= 15 is 0 Å². The lowest BCUT2D eigenvalue weighted by Gasteiger charge is -2.38. The first-order chi connectivity index (χ1) is 14.5. The van der Waals surface area contributed by atoms with Crippen LogP contribution in [0.4, 0.5) is 0 Å². The van der Waals surface area contributed by atoms with Crippen LogP contribution < -0.4 is 0 Å². The van der Waals surface area contributed by atoms with Gasteiger partial charge in [0.25, 0.3) is 0 Å².